The molecule has 0 aromatic carbocycles. The van der Waals surface area contributed by atoms with Crippen molar-refractivity contribution in [3.8, 4) is 0 Å². The molecule has 2 aliphatic heterocycles. The Labute approximate surface area is 158 Å². The van der Waals surface area contributed by atoms with E-state index in [2.05, 4.69) is 19.9 Å². The van der Waals surface area contributed by atoms with E-state index in [0.717, 1.165) is 17.0 Å². The van der Waals surface area contributed by atoms with Crippen LogP contribution in [0.3, 0.4) is 0 Å². The molecule has 9 heteroatoms. The number of piperazine rings is 1. The topological polar surface area (TPSA) is 99.3 Å². The second kappa shape index (κ2) is 6.72. The van der Waals surface area contributed by atoms with Crippen LogP contribution in [0, 0.1) is 13.8 Å². The summed E-state index contributed by atoms with van der Waals surface area (Å²) in [6.45, 7) is 5.52. The van der Waals surface area contributed by atoms with Crippen LogP contribution in [-0.4, -0.2) is 75.8 Å². The molecule has 1 N–H and O–H groups in total. The predicted molar refractivity (Wildman–Crippen MR) is 100.0 cm³/mol. The van der Waals surface area contributed by atoms with Crippen LogP contribution in [0.25, 0.3) is 0 Å². The number of hydrogen-bond acceptors (Lipinski definition) is 6. The summed E-state index contributed by atoms with van der Waals surface area (Å²) in [4.78, 5) is 28.4. The first-order valence-electron chi connectivity index (χ1n) is 9.00. The third-order valence-corrected chi connectivity index (χ3v) is 7.31. The Balaban J connectivity index is 1.61. The molecule has 4 rings (SSSR count). The van der Waals surface area contributed by atoms with Crippen molar-refractivity contribution in [3.05, 3.63) is 47.3 Å². The molecule has 0 bridgehead atoms. The SMILES string of the molecule is Cc1ccncc1C(=O)N1CCN(Cc2nc[nH]c2C)[C@H]2CS(=O)(=O)C[C@H]21. The number of carbonyl (C=O) groups excluding carboxylic acids is 1. The molecular formula is C18H23N5O3S. The van der Waals surface area contributed by atoms with Crippen molar-refractivity contribution >= 4 is 15.7 Å². The van der Waals surface area contributed by atoms with Crippen LogP contribution in [0.2, 0.25) is 0 Å². The zero-order valence-corrected chi connectivity index (χ0v) is 16.2. The minimum absolute atomic E-state index is 0.0127. The third kappa shape index (κ3) is 3.37. The van der Waals surface area contributed by atoms with Crippen molar-refractivity contribution < 1.29 is 13.2 Å². The number of nitrogens with zero attached hydrogens (tertiary/aromatic N) is 4. The summed E-state index contributed by atoms with van der Waals surface area (Å²) in [5.41, 5.74) is 3.29. The number of H-pyrrole nitrogens is 1. The number of fused-ring (bicyclic) bond motifs is 1. The molecule has 2 aliphatic rings. The Bertz CT molecular complexity index is 971. The van der Waals surface area contributed by atoms with E-state index in [1.807, 2.05) is 13.8 Å². The van der Waals surface area contributed by atoms with E-state index in [1.54, 1.807) is 29.7 Å². The van der Waals surface area contributed by atoms with Crippen LogP contribution in [0.4, 0.5) is 0 Å². The monoisotopic (exact) mass is 389 g/mol. The Hall–Kier alpha value is -2.26. The van der Waals surface area contributed by atoms with Gasteiger partial charge in [0.25, 0.3) is 5.91 Å². The Morgan fingerprint density at radius 2 is 2.04 bits per heavy atom. The molecule has 4 heterocycles. The Kier molecular flexibility index (Phi) is 4.51. The van der Waals surface area contributed by atoms with Gasteiger partial charge < -0.3 is 9.88 Å². The summed E-state index contributed by atoms with van der Waals surface area (Å²) in [5, 5.41) is 0. The van der Waals surface area contributed by atoms with Crippen LogP contribution < -0.4 is 0 Å². The maximum Gasteiger partial charge on any atom is 0.256 e. The van der Waals surface area contributed by atoms with Gasteiger partial charge in [-0.15, -0.1) is 0 Å². The number of aryl methyl sites for hydroxylation is 2. The molecule has 8 nitrogen and oxygen atoms in total. The molecule has 2 saturated heterocycles. The van der Waals surface area contributed by atoms with E-state index in [9.17, 15) is 13.2 Å². The van der Waals surface area contributed by atoms with Gasteiger partial charge >= 0.3 is 0 Å². The number of amides is 1. The summed E-state index contributed by atoms with van der Waals surface area (Å²) >= 11 is 0. The van der Waals surface area contributed by atoms with E-state index in [1.165, 1.54) is 0 Å². The van der Waals surface area contributed by atoms with Gasteiger partial charge in [-0.1, -0.05) is 0 Å². The van der Waals surface area contributed by atoms with Gasteiger partial charge in [0.15, 0.2) is 9.84 Å². The molecule has 27 heavy (non-hydrogen) atoms. The van der Waals surface area contributed by atoms with Gasteiger partial charge in [-0.3, -0.25) is 14.7 Å². The highest BCUT2D eigenvalue weighted by atomic mass is 32.2. The summed E-state index contributed by atoms with van der Waals surface area (Å²) in [5.74, 6) is -0.0429. The number of imidazole rings is 1. The number of aromatic nitrogens is 3. The number of hydrogen-bond donors (Lipinski definition) is 1. The first-order valence-corrected chi connectivity index (χ1v) is 10.8. The van der Waals surface area contributed by atoms with E-state index >= 15 is 0 Å². The van der Waals surface area contributed by atoms with Crippen molar-refractivity contribution in [2.45, 2.75) is 32.5 Å². The lowest BCUT2D eigenvalue weighted by atomic mass is 10.0. The van der Waals surface area contributed by atoms with Crippen LogP contribution in [-0.2, 0) is 16.4 Å². The molecule has 0 radical (unpaired) electrons. The van der Waals surface area contributed by atoms with Crippen LogP contribution >= 0.6 is 0 Å². The maximum absolute atomic E-state index is 13.1. The van der Waals surface area contributed by atoms with Crippen molar-refractivity contribution in [2.75, 3.05) is 24.6 Å². The van der Waals surface area contributed by atoms with Crippen molar-refractivity contribution in [3.63, 3.8) is 0 Å². The van der Waals surface area contributed by atoms with Crippen molar-refractivity contribution in [2.24, 2.45) is 0 Å². The Morgan fingerprint density at radius 3 is 2.74 bits per heavy atom. The summed E-state index contributed by atoms with van der Waals surface area (Å²) in [7, 11) is -3.19. The minimum atomic E-state index is -3.19. The maximum atomic E-state index is 13.1. The lowest BCUT2D eigenvalue weighted by Gasteiger charge is -2.43. The summed E-state index contributed by atoms with van der Waals surface area (Å²) < 4.78 is 24.8. The fourth-order valence-electron chi connectivity index (χ4n) is 4.05. The van der Waals surface area contributed by atoms with E-state index in [0.29, 0.717) is 25.2 Å². The fraction of sp³-hybridized carbons (Fsp3) is 0.500. The number of pyridine rings is 1. The number of nitrogens with one attached hydrogen (secondary N) is 1. The number of aromatic amines is 1. The normalized spacial score (nSPS) is 24.7. The minimum Gasteiger partial charge on any atom is -0.348 e. The van der Waals surface area contributed by atoms with Crippen LogP contribution in [0.1, 0.15) is 27.3 Å². The standard InChI is InChI=1S/C18H23N5O3S/c1-12-3-4-19-7-14(12)18(24)23-6-5-22(8-15-13(2)20-11-21-15)16-9-27(25,26)10-17(16)23/h3-4,7,11,16-17H,5-6,8-10H2,1-2H3,(H,20,21)/t16-,17+/m0/s1. The largest absolute Gasteiger partial charge is 0.348 e. The molecule has 0 saturated carbocycles. The molecule has 0 spiro atoms. The van der Waals surface area contributed by atoms with Crippen molar-refractivity contribution in [1.82, 2.24) is 24.8 Å². The second-order valence-corrected chi connectivity index (χ2v) is 9.50. The summed E-state index contributed by atoms with van der Waals surface area (Å²) in [6, 6.07) is 1.25. The van der Waals surface area contributed by atoms with Gasteiger partial charge in [0.1, 0.15) is 0 Å². The lowest BCUT2D eigenvalue weighted by Crippen LogP contribution is -2.60. The number of sulfone groups is 1. The number of rotatable bonds is 3. The van der Waals surface area contributed by atoms with Gasteiger partial charge in [0.05, 0.1) is 35.1 Å². The molecular weight excluding hydrogens is 366 g/mol. The lowest BCUT2D eigenvalue weighted by molar-refractivity contribution is 0.0301. The number of carbonyl (C=O) groups is 1. The highest BCUT2D eigenvalue weighted by Gasteiger charge is 2.48. The van der Waals surface area contributed by atoms with E-state index < -0.39 is 9.84 Å². The van der Waals surface area contributed by atoms with Gasteiger partial charge in [-0.2, -0.15) is 0 Å². The molecule has 2 atom stereocenters. The molecule has 0 unspecified atom stereocenters. The smallest absolute Gasteiger partial charge is 0.256 e. The zero-order chi connectivity index (χ0) is 19.2. The van der Waals surface area contributed by atoms with Crippen LogP contribution in [0.5, 0.6) is 0 Å². The van der Waals surface area contributed by atoms with Gasteiger partial charge in [0.2, 0.25) is 0 Å². The van der Waals surface area contributed by atoms with E-state index in [-0.39, 0.29) is 29.5 Å². The summed E-state index contributed by atoms with van der Waals surface area (Å²) in [6.07, 6.45) is 4.87. The quantitative estimate of drug-likeness (QED) is 0.823. The average Bonchev–Trinajstić information content (AvgIpc) is 3.17. The third-order valence-electron chi connectivity index (χ3n) is 5.61. The molecule has 2 fully saturated rings. The van der Waals surface area contributed by atoms with Gasteiger partial charge in [-0.05, 0) is 25.5 Å². The highest BCUT2D eigenvalue weighted by molar-refractivity contribution is 7.91. The molecule has 144 valence electrons. The first kappa shape index (κ1) is 18.1. The molecule has 2 aromatic heterocycles. The highest BCUT2D eigenvalue weighted by Crippen LogP contribution is 2.29. The van der Waals surface area contributed by atoms with Crippen molar-refractivity contribution in [1.29, 1.82) is 0 Å². The zero-order valence-electron chi connectivity index (χ0n) is 15.4. The Morgan fingerprint density at radius 1 is 1.26 bits per heavy atom. The average molecular weight is 389 g/mol. The second-order valence-electron chi connectivity index (χ2n) is 7.35. The van der Waals surface area contributed by atoms with E-state index in [4.69, 9.17) is 0 Å². The first-order chi connectivity index (χ1) is 12.9. The fourth-order valence-corrected chi connectivity index (χ4v) is 6.07. The predicted octanol–water partition coefficient (Wildman–Crippen LogP) is 0.545. The van der Waals surface area contributed by atoms with Gasteiger partial charge in [-0.25, -0.2) is 13.4 Å². The van der Waals surface area contributed by atoms with Crippen LogP contribution in [0.15, 0.2) is 24.8 Å². The molecule has 2 aromatic rings. The molecule has 1 amide bonds. The van der Waals surface area contributed by atoms with Gasteiger partial charge in [0, 0.05) is 43.8 Å². The molecule has 0 aliphatic carbocycles.